The van der Waals surface area contributed by atoms with E-state index >= 15 is 0 Å². The minimum absolute atomic E-state index is 0.0805. The van der Waals surface area contributed by atoms with Crippen LogP contribution in [-0.4, -0.2) is 42.1 Å². The molecular weight excluding hydrogens is 298 g/mol. The van der Waals surface area contributed by atoms with E-state index in [0.717, 1.165) is 16.9 Å². The molecule has 108 valence electrons. The maximum absolute atomic E-state index is 11.7. The van der Waals surface area contributed by atoms with Crippen LogP contribution in [0.3, 0.4) is 0 Å². The van der Waals surface area contributed by atoms with Gasteiger partial charge in [-0.1, -0.05) is 17.7 Å². The summed E-state index contributed by atoms with van der Waals surface area (Å²) in [5.41, 5.74) is 1.73. The van der Waals surface area contributed by atoms with Gasteiger partial charge in [-0.05, 0) is 12.1 Å². The van der Waals surface area contributed by atoms with Gasteiger partial charge in [0.2, 0.25) is 0 Å². The van der Waals surface area contributed by atoms with Crippen molar-refractivity contribution in [1.82, 2.24) is 14.9 Å². The minimum Gasteiger partial charge on any atom is -0.330 e. The Balaban J connectivity index is 1.92. The minimum atomic E-state index is -2.93. The molecule has 0 bridgehead atoms. The van der Waals surface area contributed by atoms with Crippen molar-refractivity contribution in [2.75, 3.05) is 18.1 Å². The zero-order valence-corrected chi connectivity index (χ0v) is 12.7. The lowest BCUT2D eigenvalue weighted by atomic mass is 10.2. The molecule has 7 heteroatoms. The van der Waals surface area contributed by atoms with E-state index in [1.807, 2.05) is 29.8 Å². The number of benzene rings is 1. The number of nitrogens with zero attached hydrogens (tertiary/aromatic N) is 2. The fraction of sp³-hybridized carbons (Fsp3) is 0.462. The van der Waals surface area contributed by atoms with Gasteiger partial charge in [-0.3, -0.25) is 0 Å². The van der Waals surface area contributed by atoms with E-state index in [4.69, 9.17) is 11.6 Å². The van der Waals surface area contributed by atoms with Crippen LogP contribution in [0.4, 0.5) is 0 Å². The third-order valence-corrected chi connectivity index (χ3v) is 5.71. The van der Waals surface area contributed by atoms with Gasteiger partial charge in [-0.15, -0.1) is 0 Å². The standard InChI is InChI=1S/C13H16ClN3O2S/c1-17-12(7-9-8-20(18,19)6-5-15-9)16-11-4-2-3-10(14)13(11)17/h2-4,9,15H,5-8H2,1H3. The van der Waals surface area contributed by atoms with Gasteiger partial charge in [0.25, 0.3) is 0 Å². The van der Waals surface area contributed by atoms with Crippen LogP contribution in [0.1, 0.15) is 5.82 Å². The molecule has 1 unspecified atom stereocenters. The number of rotatable bonds is 2. The second kappa shape index (κ2) is 5.02. The number of nitrogens with one attached hydrogen (secondary N) is 1. The highest BCUT2D eigenvalue weighted by Crippen LogP contribution is 2.24. The first-order valence-corrected chi connectivity index (χ1v) is 8.70. The zero-order chi connectivity index (χ0) is 14.3. The topological polar surface area (TPSA) is 64.0 Å². The van der Waals surface area contributed by atoms with Gasteiger partial charge in [0.05, 0.1) is 27.6 Å². The van der Waals surface area contributed by atoms with E-state index in [9.17, 15) is 8.42 Å². The first kappa shape index (κ1) is 13.9. The van der Waals surface area contributed by atoms with Crippen molar-refractivity contribution in [2.45, 2.75) is 12.5 Å². The molecule has 3 rings (SSSR count). The van der Waals surface area contributed by atoms with Crippen molar-refractivity contribution in [3.05, 3.63) is 29.0 Å². The average Bonchev–Trinajstić information content (AvgIpc) is 2.66. The highest BCUT2D eigenvalue weighted by molar-refractivity contribution is 7.91. The van der Waals surface area contributed by atoms with Crippen molar-refractivity contribution in [3.8, 4) is 0 Å². The van der Waals surface area contributed by atoms with Crippen molar-refractivity contribution in [3.63, 3.8) is 0 Å². The van der Waals surface area contributed by atoms with Crippen LogP contribution < -0.4 is 5.32 Å². The highest BCUT2D eigenvalue weighted by Gasteiger charge is 2.25. The normalized spacial score (nSPS) is 22.2. The molecule has 1 saturated heterocycles. The second-order valence-electron chi connectivity index (χ2n) is 5.16. The molecule has 0 spiro atoms. The fourth-order valence-corrected chi connectivity index (χ4v) is 4.41. The van der Waals surface area contributed by atoms with E-state index in [1.165, 1.54) is 0 Å². The molecule has 1 fully saturated rings. The number of hydrogen-bond acceptors (Lipinski definition) is 4. The highest BCUT2D eigenvalue weighted by atomic mass is 35.5. The van der Waals surface area contributed by atoms with E-state index in [2.05, 4.69) is 10.3 Å². The van der Waals surface area contributed by atoms with Crippen molar-refractivity contribution in [2.24, 2.45) is 7.05 Å². The summed E-state index contributed by atoms with van der Waals surface area (Å²) < 4.78 is 25.3. The Morgan fingerprint density at radius 1 is 1.50 bits per heavy atom. The molecule has 1 N–H and O–H groups in total. The van der Waals surface area contributed by atoms with E-state index in [0.29, 0.717) is 18.0 Å². The molecule has 1 aliphatic rings. The number of aromatic nitrogens is 2. The zero-order valence-electron chi connectivity index (χ0n) is 11.1. The predicted molar refractivity (Wildman–Crippen MR) is 79.9 cm³/mol. The summed E-state index contributed by atoms with van der Waals surface area (Å²) in [5.74, 6) is 1.24. The van der Waals surface area contributed by atoms with E-state index < -0.39 is 9.84 Å². The fourth-order valence-electron chi connectivity index (χ4n) is 2.67. The monoisotopic (exact) mass is 313 g/mol. The van der Waals surface area contributed by atoms with Gasteiger partial charge < -0.3 is 9.88 Å². The van der Waals surface area contributed by atoms with Crippen LogP contribution >= 0.6 is 11.6 Å². The Bertz CT molecular complexity index is 754. The third-order valence-electron chi connectivity index (χ3n) is 3.67. The molecular formula is C13H16ClN3O2S. The van der Waals surface area contributed by atoms with Crippen LogP contribution in [0.5, 0.6) is 0 Å². The van der Waals surface area contributed by atoms with Crippen LogP contribution in [0.15, 0.2) is 18.2 Å². The van der Waals surface area contributed by atoms with Gasteiger partial charge in [0.15, 0.2) is 9.84 Å². The number of halogens is 1. The summed E-state index contributed by atoms with van der Waals surface area (Å²) >= 11 is 6.19. The van der Waals surface area contributed by atoms with Crippen LogP contribution in [-0.2, 0) is 23.3 Å². The molecule has 0 saturated carbocycles. The summed E-state index contributed by atoms with van der Waals surface area (Å²) in [5, 5.41) is 3.90. The van der Waals surface area contributed by atoms with Crippen LogP contribution in [0.25, 0.3) is 11.0 Å². The van der Waals surface area contributed by atoms with Gasteiger partial charge in [0.1, 0.15) is 5.82 Å². The van der Waals surface area contributed by atoms with Crippen LogP contribution in [0, 0.1) is 0 Å². The summed E-state index contributed by atoms with van der Waals surface area (Å²) in [4.78, 5) is 4.56. The first-order chi connectivity index (χ1) is 9.46. The van der Waals surface area contributed by atoms with Crippen LogP contribution in [0.2, 0.25) is 5.02 Å². The molecule has 1 aliphatic heterocycles. The van der Waals surface area contributed by atoms with Gasteiger partial charge in [-0.25, -0.2) is 13.4 Å². The van der Waals surface area contributed by atoms with E-state index in [1.54, 1.807) is 0 Å². The number of sulfone groups is 1. The molecule has 0 aliphatic carbocycles. The Morgan fingerprint density at radius 3 is 3.00 bits per heavy atom. The molecule has 20 heavy (non-hydrogen) atoms. The lowest BCUT2D eigenvalue weighted by Crippen LogP contribution is -2.46. The molecule has 1 aromatic carbocycles. The molecule has 0 radical (unpaired) electrons. The van der Waals surface area contributed by atoms with Crippen molar-refractivity contribution >= 4 is 32.5 Å². The number of fused-ring (bicyclic) bond motifs is 1. The van der Waals surface area contributed by atoms with Gasteiger partial charge in [-0.2, -0.15) is 0 Å². The van der Waals surface area contributed by atoms with Crippen molar-refractivity contribution in [1.29, 1.82) is 0 Å². The molecule has 1 atom stereocenters. The Morgan fingerprint density at radius 2 is 2.30 bits per heavy atom. The van der Waals surface area contributed by atoms with Gasteiger partial charge in [0, 0.05) is 26.1 Å². The summed E-state index contributed by atoms with van der Waals surface area (Å²) in [6.45, 7) is 0.512. The lowest BCUT2D eigenvalue weighted by Gasteiger charge is -2.23. The first-order valence-electron chi connectivity index (χ1n) is 6.50. The number of aryl methyl sites for hydroxylation is 1. The largest absolute Gasteiger partial charge is 0.330 e. The Kier molecular flexibility index (Phi) is 3.48. The maximum Gasteiger partial charge on any atom is 0.153 e. The molecule has 2 aromatic rings. The number of hydrogen-bond donors (Lipinski definition) is 1. The smallest absolute Gasteiger partial charge is 0.153 e. The summed E-state index contributed by atoms with van der Waals surface area (Å²) in [6.07, 6.45) is 0.584. The quantitative estimate of drug-likeness (QED) is 0.903. The Labute approximate surface area is 122 Å². The lowest BCUT2D eigenvalue weighted by molar-refractivity contribution is 0.505. The molecule has 2 heterocycles. The number of para-hydroxylation sites is 1. The van der Waals surface area contributed by atoms with E-state index in [-0.39, 0.29) is 17.5 Å². The SMILES string of the molecule is Cn1c(CC2CS(=O)(=O)CCN2)nc2cccc(Cl)c21. The second-order valence-corrected chi connectivity index (χ2v) is 7.80. The maximum atomic E-state index is 11.7. The predicted octanol–water partition coefficient (Wildman–Crippen LogP) is 1.16. The van der Waals surface area contributed by atoms with Crippen molar-refractivity contribution < 1.29 is 8.42 Å². The summed E-state index contributed by atoms with van der Waals surface area (Å²) in [7, 11) is -1.02. The van der Waals surface area contributed by atoms with Gasteiger partial charge >= 0.3 is 0 Å². The summed E-state index contributed by atoms with van der Waals surface area (Å²) in [6, 6.07) is 5.53. The molecule has 0 amide bonds. The average molecular weight is 314 g/mol. The molecule has 5 nitrogen and oxygen atoms in total. The Hall–Kier alpha value is -1.11. The third kappa shape index (κ3) is 2.55. The molecule has 1 aromatic heterocycles. The number of imidazole rings is 1.